The first kappa shape index (κ1) is 39.1. The molecular weight excluding hydrogens is 664 g/mol. The third-order valence-corrected chi connectivity index (χ3v) is 8.43. The number of ether oxygens (including phenoxy) is 1. The van der Waals surface area contributed by atoms with Crippen LogP contribution >= 0.6 is 12.4 Å². The highest BCUT2D eigenvalue weighted by Crippen LogP contribution is 2.35. The number of carboxylic acid groups (broad SMARTS) is 1. The van der Waals surface area contributed by atoms with Crippen LogP contribution in [0.5, 0.6) is 0 Å². The maximum absolute atomic E-state index is 13.0. The first-order chi connectivity index (χ1) is 23.0. The van der Waals surface area contributed by atoms with Gasteiger partial charge in [-0.15, -0.1) is 12.4 Å². The summed E-state index contributed by atoms with van der Waals surface area (Å²) in [6, 6.07) is 10.8. The highest BCUT2D eigenvalue weighted by atomic mass is 35.5. The maximum atomic E-state index is 13.0. The van der Waals surface area contributed by atoms with Crippen molar-refractivity contribution in [1.82, 2.24) is 34.7 Å². The summed E-state index contributed by atoms with van der Waals surface area (Å²) >= 11 is 0. The minimum atomic E-state index is -1.27. The maximum Gasteiger partial charge on any atom is 0.354 e. The third-order valence-electron chi connectivity index (χ3n) is 8.43. The lowest BCUT2D eigenvalue weighted by Crippen LogP contribution is -2.42. The van der Waals surface area contributed by atoms with E-state index in [4.69, 9.17) is 10.5 Å². The zero-order valence-corrected chi connectivity index (χ0v) is 28.3. The third kappa shape index (κ3) is 8.26. The number of aromatic carboxylic acids is 1. The molecule has 4 N–H and O–H groups in total. The predicted octanol–water partition coefficient (Wildman–Crippen LogP) is 4.13. The summed E-state index contributed by atoms with van der Waals surface area (Å²) in [7, 11) is 3.57. The number of aromatic nitrogens is 4. The van der Waals surface area contributed by atoms with E-state index in [9.17, 15) is 24.3 Å². The summed E-state index contributed by atoms with van der Waals surface area (Å²) < 4.78 is 6.33. The standard InChI is InChI=1S/C21H19N5O5.C13H19N3O.CH4.ClH/c1-3-8-31-20(30)13-4-5-14-12(11(13)2)6-7-15(14)24-18(27)17-9-16(19(28)29)25-21-22-10-23-26(17)21;1-15(2)13(17)16-6-5-11-4-3-10(8-14)7-12(11)9-16;;/h3-5,9-10,15H,1,6-8H2,2H3,(H,24,27)(H,28,29);3-4,7H,5-6,8-9,14H2,1-2H3;1H4;1H/t15-;;;/m0.../s1. The van der Waals surface area contributed by atoms with Crippen LogP contribution in [-0.2, 0) is 30.7 Å². The van der Waals surface area contributed by atoms with E-state index in [1.165, 1.54) is 34.1 Å². The second-order valence-electron chi connectivity index (χ2n) is 11.7. The molecule has 0 spiro atoms. The summed E-state index contributed by atoms with van der Waals surface area (Å²) in [6.07, 6.45) is 4.97. The molecule has 0 bridgehead atoms. The molecule has 4 aromatic rings. The Morgan fingerprint density at radius 1 is 1.14 bits per heavy atom. The number of amides is 3. The highest BCUT2D eigenvalue weighted by molar-refractivity contribution is 5.96. The highest BCUT2D eigenvalue weighted by Gasteiger charge is 2.29. The molecule has 1 atom stereocenters. The molecule has 3 heterocycles. The van der Waals surface area contributed by atoms with Crippen molar-refractivity contribution in [2.45, 2.75) is 52.7 Å². The van der Waals surface area contributed by atoms with Gasteiger partial charge >= 0.3 is 18.0 Å². The molecular formula is C35H43ClN8O6. The van der Waals surface area contributed by atoms with E-state index in [1.807, 2.05) is 17.9 Å². The van der Waals surface area contributed by atoms with Gasteiger partial charge in [-0.1, -0.05) is 44.3 Å². The molecule has 0 radical (unpaired) electrons. The van der Waals surface area contributed by atoms with Crippen molar-refractivity contribution in [2.24, 2.45) is 5.73 Å². The predicted molar refractivity (Wildman–Crippen MR) is 189 cm³/mol. The van der Waals surface area contributed by atoms with E-state index in [0.29, 0.717) is 31.5 Å². The Labute approximate surface area is 296 Å². The molecule has 2 aromatic heterocycles. The average molecular weight is 707 g/mol. The largest absolute Gasteiger partial charge is 0.477 e. The summed E-state index contributed by atoms with van der Waals surface area (Å²) in [4.78, 5) is 59.7. The lowest BCUT2D eigenvalue weighted by Gasteiger charge is -2.31. The van der Waals surface area contributed by atoms with Crippen molar-refractivity contribution in [3.63, 3.8) is 0 Å². The molecule has 0 saturated carbocycles. The van der Waals surface area contributed by atoms with E-state index in [-0.39, 0.29) is 55.7 Å². The van der Waals surface area contributed by atoms with Gasteiger partial charge in [0.2, 0.25) is 0 Å². The Bertz CT molecular complexity index is 1910. The number of urea groups is 1. The van der Waals surface area contributed by atoms with E-state index in [1.54, 1.807) is 25.1 Å². The molecule has 2 aromatic carbocycles. The summed E-state index contributed by atoms with van der Waals surface area (Å²) in [5.41, 5.74) is 12.3. The summed E-state index contributed by atoms with van der Waals surface area (Å²) in [5.74, 6) is -2.16. The molecule has 0 unspecified atom stereocenters. The Morgan fingerprint density at radius 3 is 2.58 bits per heavy atom. The Kier molecular flexibility index (Phi) is 13.2. The zero-order chi connectivity index (χ0) is 34.5. The number of hydrogen-bond acceptors (Lipinski definition) is 9. The topological polar surface area (TPSA) is 185 Å². The number of nitrogens with two attached hydrogens (primary N) is 1. The van der Waals surface area contributed by atoms with Crippen molar-refractivity contribution < 1.29 is 29.0 Å². The van der Waals surface area contributed by atoms with E-state index < -0.39 is 17.8 Å². The number of benzene rings is 2. The first-order valence-electron chi connectivity index (χ1n) is 15.4. The lowest BCUT2D eigenvalue weighted by molar-refractivity contribution is 0.0547. The smallest absolute Gasteiger partial charge is 0.354 e. The number of fused-ring (bicyclic) bond motifs is 3. The lowest BCUT2D eigenvalue weighted by atomic mass is 9.97. The van der Waals surface area contributed by atoms with Gasteiger partial charge in [0.15, 0.2) is 5.69 Å². The van der Waals surface area contributed by atoms with Crippen LogP contribution in [0.15, 0.2) is 55.4 Å². The van der Waals surface area contributed by atoms with Crippen molar-refractivity contribution in [1.29, 1.82) is 0 Å². The second kappa shape index (κ2) is 16.9. The first-order valence-corrected chi connectivity index (χ1v) is 15.4. The Morgan fingerprint density at radius 2 is 1.90 bits per heavy atom. The van der Waals surface area contributed by atoms with Crippen LogP contribution in [0.3, 0.4) is 0 Å². The van der Waals surface area contributed by atoms with Gasteiger partial charge in [-0.05, 0) is 65.6 Å². The Hall–Kier alpha value is -5.34. The fourth-order valence-electron chi connectivity index (χ4n) is 5.96. The minimum Gasteiger partial charge on any atom is -0.477 e. The second-order valence-corrected chi connectivity index (χ2v) is 11.7. The van der Waals surface area contributed by atoms with Gasteiger partial charge in [0.1, 0.15) is 18.6 Å². The fourth-order valence-corrected chi connectivity index (χ4v) is 5.96. The number of hydrogen-bond donors (Lipinski definition) is 3. The van der Waals surface area contributed by atoms with E-state index >= 15 is 0 Å². The van der Waals surface area contributed by atoms with Crippen LogP contribution in [-0.4, -0.2) is 85.6 Å². The van der Waals surface area contributed by atoms with E-state index in [2.05, 4.69) is 45.2 Å². The minimum absolute atomic E-state index is 0. The number of carbonyl (C=O) groups is 4. The van der Waals surface area contributed by atoms with Gasteiger partial charge in [-0.2, -0.15) is 14.6 Å². The number of rotatable bonds is 7. The van der Waals surface area contributed by atoms with Crippen molar-refractivity contribution in [2.75, 3.05) is 27.2 Å². The van der Waals surface area contributed by atoms with Crippen molar-refractivity contribution >= 4 is 42.1 Å². The van der Waals surface area contributed by atoms with Gasteiger partial charge < -0.3 is 30.7 Å². The van der Waals surface area contributed by atoms with Crippen LogP contribution in [0.25, 0.3) is 5.78 Å². The number of carboxylic acids is 1. The van der Waals surface area contributed by atoms with Crippen LogP contribution in [0.2, 0.25) is 0 Å². The van der Waals surface area contributed by atoms with Crippen molar-refractivity contribution in [3.05, 3.63) is 106 Å². The summed E-state index contributed by atoms with van der Waals surface area (Å²) in [5, 5.41) is 16.2. The van der Waals surface area contributed by atoms with Crippen LogP contribution in [0.1, 0.15) is 84.6 Å². The van der Waals surface area contributed by atoms with Gasteiger partial charge in [0, 0.05) is 39.8 Å². The average Bonchev–Trinajstić information content (AvgIpc) is 3.73. The van der Waals surface area contributed by atoms with Crippen LogP contribution in [0.4, 0.5) is 4.79 Å². The van der Waals surface area contributed by atoms with Crippen LogP contribution in [0, 0.1) is 6.92 Å². The Balaban J connectivity index is 0.000000304. The molecule has 15 heteroatoms. The molecule has 1 aliphatic heterocycles. The molecule has 0 saturated heterocycles. The molecule has 0 fully saturated rings. The number of nitrogens with one attached hydrogen (secondary N) is 1. The zero-order valence-electron chi connectivity index (χ0n) is 27.5. The molecule has 6 rings (SSSR count). The molecule has 50 heavy (non-hydrogen) atoms. The van der Waals surface area contributed by atoms with Gasteiger partial charge in [-0.25, -0.2) is 19.4 Å². The molecule has 14 nitrogen and oxygen atoms in total. The normalized spacial score (nSPS) is 14.1. The SMILES string of the molecule is C.C=CCOC(=O)c1ccc2c(c1C)CC[C@@H]2NC(=O)c1cc(C(=O)O)nc2ncnn12.CN(C)C(=O)N1CCc2ccc(CN)cc2C1.Cl. The number of nitrogens with zero attached hydrogens (tertiary/aromatic N) is 6. The number of carbonyl (C=O) groups excluding carboxylic acids is 3. The molecule has 2 aliphatic rings. The number of esters is 1. The van der Waals surface area contributed by atoms with Gasteiger partial charge in [0.05, 0.1) is 11.6 Å². The van der Waals surface area contributed by atoms with Crippen LogP contribution < -0.4 is 11.1 Å². The quantitative estimate of drug-likeness (QED) is 0.186. The van der Waals surface area contributed by atoms with E-state index in [0.717, 1.165) is 35.2 Å². The monoisotopic (exact) mass is 706 g/mol. The molecule has 1 aliphatic carbocycles. The fraction of sp³-hybridized carbons (Fsp3) is 0.343. The number of halogens is 1. The molecule has 266 valence electrons. The van der Waals surface area contributed by atoms with Gasteiger partial charge in [0.25, 0.3) is 11.7 Å². The van der Waals surface area contributed by atoms with Gasteiger partial charge in [-0.3, -0.25) is 4.79 Å². The molecule has 3 amide bonds. The van der Waals surface area contributed by atoms with Crippen molar-refractivity contribution in [3.8, 4) is 0 Å². The summed E-state index contributed by atoms with van der Waals surface area (Å²) in [6.45, 7) is 7.57.